The number of nitrogens with one attached hydrogen (secondary N) is 1. The Morgan fingerprint density at radius 2 is 1.94 bits per heavy atom. The molecule has 1 aromatic carbocycles. The summed E-state index contributed by atoms with van der Waals surface area (Å²) in [6.07, 6.45) is 2.02. The van der Waals surface area contributed by atoms with E-state index in [4.69, 9.17) is 4.74 Å². The predicted octanol–water partition coefficient (Wildman–Crippen LogP) is 2.28. The Kier molecular flexibility index (Phi) is 3.36. The van der Waals surface area contributed by atoms with Crippen LogP contribution < -0.4 is 5.32 Å². The first-order valence-electron chi connectivity index (χ1n) is 6.06. The van der Waals surface area contributed by atoms with Crippen molar-refractivity contribution in [3.63, 3.8) is 0 Å². The van der Waals surface area contributed by atoms with Crippen molar-refractivity contribution in [3.8, 4) is 0 Å². The molecule has 1 aromatic rings. The number of ether oxygens (including phenoxy) is 1. The smallest absolute Gasteiger partial charge is 0.321 e. The number of amides is 1. The molecule has 96 valence electrons. The highest BCUT2D eigenvalue weighted by Crippen LogP contribution is 2.43. The number of methoxy groups -OCH3 is 1. The van der Waals surface area contributed by atoms with Crippen LogP contribution in [-0.4, -0.2) is 19.0 Å². The SMILES string of the molecule is COC(=O)C1(C(=O)Nc2ccccc2C)CCC1. The fourth-order valence-electron chi connectivity index (χ4n) is 2.20. The van der Waals surface area contributed by atoms with Crippen molar-refractivity contribution in [2.24, 2.45) is 5.41 Å². The zero-order valence-corrected chi connectivity index (χ0v) is 10.7. The molecule has 0 atom stereocenters. The van der Waals surface area contributed by atoms with Crippen LogP contribution in [0.25, 0.3) is 0 Å². The van der Waals surface area contributed by atoms with E-state index in [0.29, 0.717) is 12.8 Å². The van der Waals surface area contributed by atoms with Gasteiger partial charge in [0.15, 0.2) is 0 Å². The fourth-order valence-corrected chi connectivity index (χ4v) is 2.20. The molecule has 0 aliphatic heterocycles. The number of hydrogen-bond donors (Lipinski definition) is 1. The van der Waals surface area contributed by atoms with Gasteiger partial charge < -0.3 is 10.1 Å². The van der Waals surface area contributed by atoms with Crippen molar-refractivity contribution in [2.45, 2.75) is 26.2 Å². The number of carbonyl (C=O) groups is 2. The number of aryl methyl sites for hydroxylation is 1. The molecule has 0 aromatic heterocycles. The van der Waals surface area contributed by atoms with Gasteiger partial charge in [0.2, 0.25) is 5.91 Å². The molecule has 0 radical (unpaired) electrons. The molecule has 0 spiro atoms. The lowest BCUT2D eigenvalue weighted by atomic mass is 9.68. The van der Waals surface area contributed by atoms with Crippen LogP contribution in [-0.2, 0) is 14.3 Å². The summed E-state index contributed by atoms with van der Waals surface area (Å²) in [5.41, 5.74) is 0.750. The number of para-hydroxylation sites is 1. The average Bonchev–Trinajstić information content (AvgIpc) is 2.30. The van der Waals surface area contributed by atoms with E-state index in [1.165, 1.54) is 7.11 Å². The number of rotatable bonds is 3. The summed E-state index contributed by atoms with van der Waals surface area (Å²) in [4.78, 5) is 24.0. The van der Waals surface area contributed by atoms with Crippen molar-refractivity contribution in [2.75, 3.05) is 12.4 Å². The maximum absolute atomic E-state index is 12.3. The van der Waals surface area contributed by atoms with Crippen molar-refractivity contribution in [1.82, 2.24) is 0 Å². The third kappa shape index (κ3) is 1.98. The molecule has 1 amide bonds. The second-order valence-corrected chi connectivity index (χ2v) is 4.70. The van der Waals surface area contributed by atoms with Crippen molar-refractivity contribution in [1.29, 1.82) is 0 Å². The Balaban J connectivity index is 2.17. The highest BCUT2D eigenvalue weighted by atomic mass is 16.5. The summed E-state index contributed by atoms with van der Waals surface area (Å²) >= 11 is 0. The molecular weight excluding hydrogens is 230 g/mol. The third-order valence-corrected chi connectivity index (χ3v) is 3.61. The van der Waals surface area contributed by atoms with E-state index < -0.39 is 11.4 Å². The van der Waals surface area contributed by atoms with E-state index in [2.05, 4.69) is 5.32 Å². The quantitative estimate of drug-likeness (QED) is 0.658. The van der Waals surface area contributed by atoms with Crippen LogP contribution in [0.5, 0.6) is 0 Å². The van der Waals surface area contributed by atoms with Crippen LogP contribution in [0, 0.1) is 12.3 Å². The van der Waals surface area contributed by atoms with Gasteiger partial charge in [-0.15, -0.1) is 0 Å². The first-order valence-corrected chi connectivity index (χ1v) is 6.06. The number of anilines is 1. The molecule has 1 aliphatic rings. The molecule has 2 rings (SSSR count). The van der Waals surface area contributed by atoms with Crippen molar-refractivity contribution >= 4 is 17.6 Å². The average molecular weight is 247 g/mol. The van der Waals surface area contributed by atoms with Gasteiger partial charge in [0.1, 0.15) is 5.41 Å². The number of carbonyl (C=O) groups excluding carboxylic acids is 2. The van der Waals surface area contributed by atoms with E-state index >= 15 is 0 Å². The molecule has 1 aliphatic carbocycles. The second kappa shape index (κ2) is 4.80. The van der Waals surface area contributed by atoms with Gasteiger partial charge in [-0.05, 0) is 31.4 Å². The molecule has 0 bridgehead atoms. The van der Waals surface area contributed by atoms with Crippen LogP contribution >= 0.6 is 0 Å². The normalized spacial score (nSPS) is 16.6. The van der Waals surface area contributed by atoms with Crippen LogP contribution in [0.2, 0.25) is 0 Å². The summed E-state index contributed by atoms with van der Waals surface area (Å²) in [6.45, 7) is 1.92. The minimum atomic E-state index is -0.975. The first kappa shape index (κ1) is 12.6. The van der Waals surface area contributed by atoms with E-state index in [0.717, 1.165) is 17.7 Å². The van der Waals surface area contributed by atoms with Gasteiger partial charge >= 0.3 is 5.97 Å². The fraction of sp³-hybridized carbons (Fsp3) is 0.429. The standard InChI is InChI=1S/C14H17NO3/c1-10-6-3-4-7-11(10)15-12(16)14(8-5-9-14)13(17)18-2/h3-4,6-7H,5,8-9H2,1-2H3,(H,15,16). The minimum absolute atomic E-state index is 0.255. The van der Waals surface area contributed by atoms with Crippen LogP contribution in [0.15, 0.2) is 24.3 Å². The van der Waals surface area contributed by atoms with Gasteiger partial charge in [-0.2, -0.15) is 0 Å². The molecule has 4 nitrogen and oxygen atoms in total. The Morgan fingerprint density at radius 1 is 1.28 bits per heavy atom. The van der Waals surface area contributed by atoms with E-state index in [9.17, 15) is 9.59 Å². The van der Waals surface area contributed by atoms with Gasteiger partial charge in [-0.1, -0.05) is 24.6 Å². The Morgan fingerprint density at radius 3 is 2.44 bits per heavy atom. The molecule has 1 fully saturated rings. The highest BCUT2D eigenvalue weighted by Gasteiger charge is 2.52. The van der Waals surface area contributed by atoms with E-state index in [1.54, 1.807) is 0 Å². The van der Waals surface area contributed by atoms with Gasteiger partial charge in [-0.25, -0.2) is 0 Å². The van der Waals surface area contributed by atoms with Gasteiger partial charge in [0.05, 0.1) is 7.11 Å². The van der Waals surface area contributed by atoms with Crippen molar-refractivity contribution < 1.29 is 14.3 Å². The lowest BCUT2D eigenvalue weighted by molar-refractivity contribution is -0.163. The van der Waals surface area contributed by atoms with Crippen LogP contribution in [0.1, 0.15) is 24.8 Å². The minimum Gasteiger partial charge on any atom is -0.468 e. The number of hydrogen-bond acceptors (Lipinski definition) is 3. The lowest BCUT2D eigenvalue weighted by Gasteiger charge is -2.37. The molecule has 18 heavy (non-hydrogen) atoms. The molecule has 0 heterocycles. The summed E-state index contributed by atoms with van der Waals surface area (Å²) in [7, 11) is 1.32. The highest BCUT2D eigenvalue weighted by molar-refractivity contribution is 6.09. The Labute approximate surface area is 106 Å². The van der Waals surface area contributed by atoms with E-state index in [1.807, 2.05) is 31.2 Å². The summed E-state index contributed by atoms with van der Waals surface area (Å²) in [6, 6.07) is 7.51. The molecule has 0 unspecified atom stereocenters. The zero-order valence-electron chi connectivity index (χ0n) is 10.7. The molecule has 4 heteroatoms. The maximum atomic E-state index is 12.3. The first-order chi connectivity index (χ1) is 8.60. The predicted molar refractivity (Wildman–Crippen MR) is 68.1 cm³/mol. The molecule has 1 saturated carbocycles. The van der Waals surface area contributed by atoms with E-state index in [-0.39, 0.29) is 5.91 Å². The van der Waals surface area contributed by atoms with Crippen molar-refractivity contribution in [3.05, 3.63) is 29.8 Å². The largest absolute Gasteiger partial charge is 0.468 e. The summed E-state index contributed by atoms with van der Waals surface area (Å²) < 4.78 is 4.75. The lowest BCUT2D eigenvalue weighted by Crippen LogP contribution is -2.48. The third-order valence-electron chi connectivity index (χ3n) is 3.61. The monoisotopic (exact) mass is 247 g/mol. The van der Waals surface area contributed by atoms with Crippen LogP contribution in [0.4, 0.5) is 5.69 Å². The van der Waals surface area contributed by atoms with Gasteiger partial charge in [-0.3, -0.25) is 9.59 Å². The summed E-state index contributed by atoms with van der Waals surface area (Å²) in [5.74, 6) is -0.685. The topological polar surface area (TPSA) is 55.4 Å². The van der Waals surface area contributed by atoms with Gasteiger partial charge in [0, 0.05) is 5.69 Å². The van der Waals surface area contributed by atoms with Crippen LogP contribution in [0.3, 0.4) is 0 Å². The molecule has 0 saturated heterocycles. The molecular formula is C14H17NO3. The molecule has 1 N–H and O–H groups in total. The Bertz CT molecular complexity index is 478. The second-order valence-electron chi connectivity index (χ2n) is 4.70. The van der Waals surface area contributed by atoms with Gasteiger partial charge in [0.25, 0.3) is 0 Å². The zero-order chi connectivity index (χ0) is 13.2. The number of esters is 1. The Hall–Kier alpha value is -1.84. The number of benzene rings is 1. The maximum Gasteiger partial charge on any atom is 0.321 e. The summed E-state index contributed by atoms with van der Waals surface area (Å²) in [5, 5.41) is 2.83.